The van der Waals surface area contributed by atoms with Gasteiger partial charge in [0.05, 0.1) is 23.0 Å². The highest BCUT2D eigenvalue weighted by Crippen LogP contribution is 2.42. The van der Waals surface area contributed by atoms with Crippen molar-refractivity contribution in [2.45, 2.75) is 106 Å². The number of hydrogen-bond acceptors (Lipinski definition) is 10. The third-order valence-corrected chi connectivity index (χ3v) is 8.71. The smallest absolute Gasteiger partial charge is 0.338 e. The number of esters is 1. The van der Waals surface area contributed by atoms with Gasteiger partial charge in [-0.05, 0) is 58.9 Å². The number of hydrogen-bond donors (Lipinski definition) is 1. The first-order valence-corrected chi connectivity index (χ1v) is 14.5. The molecule has 9 nitrogen and oxygen atoms in total. The van der Waals surface area contributed by atoms with Crippen molar-refractivity contribution in [3.8, 4) is 0 Å². The molecule has 10 atom stereocenters. The van der Waals surface area contributed by atoms with Crippen molar-refractivity contribution >= 4 is 17.7 Å². The van der Waals surface area contributed by atoms with Crippen LogP contribution in [-0.4, -0.2) is 84.5 Å². The fraction of sp³-hybridized carbons (Fsp3) is 0.567. The number of aliphatic hydroxyl groups excluding tert-OH is 1. The second-order valence-corrected chi connectivity index (χ2v) is 12.2. The lowest BCUT2D eigenvalue weighted by atomic mass is 9.98. The summed E-state index contributed by atoms with van der Waals surface area (Å²) in [6.07, 6.45) is -6.12. The van der Waals surface area contributed by atoms with E-state index in [1.165, 1.54) is 11.8 Å². The van der Waals surface area contributed by atoms with Gasteiger partial charge in [0.25, 0.3) is 0 Å². The van der Waals surface area contributed by atoms with E-state index in [1.807, 2.05) is 58.0 Å². The van der Waals surface area contributed by atoms with Crippen LogP contribution in [0.5, 0.6) is 0 Å². The fourth-order valence-electron chi connectivity index (χ4n) is 5.38. The molecule has 2 aromatic carbocycles. The summed E-state index contributed by atoms with van der Waals surface area (Å²) in [5, 5.41) is 11.0. The number of aryl methyl sites for hydroxylation is 1. The van der Waals surface area contributed by atoms with Crippen LogP contribution in [0, 0.1) is 6.92 Å². The molecule has 0 aliphatic carbocycles. The maximum Gasteiger partial charge on any atom is 0.338 e. The molecule has 5 rings (SSSR count). The van der Waals surface area contributed by atoms with Crippen LogP contribution in [0.2, 0.25) is 0 Å². The van der Waals surface area contributed by atoms with E-state index < -0.39 is 72.3 Å². The van der Waals surface area contributed by atoms with Gasteiger partial charge in [0.2, 0.25) is 0 Å². The maximum atomic E-state index is 12.9. The molecule has 10 heteroatoms. The van der Waals surface area contributed by atoms with Gasteiger partial charge in [0.1, 0.15) is 24.4 Å². The zero-order chi connectivity index (χ0) is 28.6. The minimum Gasteiger partial charge on any atom is -0.453 e. The van der Waals surface area contributed by atoms with Crippen molar-refractivity contribution in [2.24, 2.45) is 0 Å². The first kappa shape index (κ1) is 29.5. The van der Waals surface area contributed by atoms with Crippen LogP contribution in [0.25, 0.3) is 0 Å². The van der Waals surface area contributed by atoms with Gasteiger partial charge >= 0.3 is 5.97 Å². The standard InChI is InChI=1S/C30H38O9S/c1-16-12-14-20(15-13-16)40-26-21(31)22(36-27(32)19-10-8-7-9-11-19)17(2)35-29(26)37-23-18(3)34-28(33-6)25-24(23)38-30(4,5)39-25/h7-15,17-18,21-26,28-29,31H,1-6H3/t17-,18+,21+,22-,23+,24-,25-,26-,28-,29+/m1/s1. The molecule has 0 bridgehead atoms. The largest absolute Gasteiger partial charge is 0.453 e. The van der Waals surface area contributed by atoms with Gasteiger partial charge < -0.3 is 38.3 Å². The molecule has 0 spiro atoms. The molecule has 3 heterocycles. The summed E-state index contributed by atoms with van der Waals surface area (Å²) in [7, 11) is 1.57. The highest BCUT2D eigenvalue weighted by atomic mass is 32.2. The number of aliphatic hydroxyl groups is 1. The lowest BCUT2D eigenvalue weighted by molar-refractivity contribution is -0.314. The van der Waals surface area contributed by atoms with Gasteiger partial charge in [-0.2, -0.15) is 0 Å². The maximum absolute atomic E-state index is 12.9. The van der Waals surface area contributed by atoms with E-state index in [0.29, 0.717) is 5.56 Å². The molecule has 0 amide bonds. The average molecular weight is 575 g/mol. The Kier molecular flexibility index (Phi) is 8.89. The lowest BCUT2D eigenvalue weighted by Gasteiger charge is -2.46. The Labute approximate surface area is 239 Å². The highest BCUT2D eigenvalue weighted by molar-refractivity contribution is 8.00. The zero-order valence-corrected chi connectivity index (χ0v) is 24.4. The summed E-state index contributed by atoms with van der Waals surface area (Å²) in [5.41, 5.74) is 1.52. The van der Waals surface area contributed by atoms with Crippen LogP contribution in [0.1, 0.15) is 43.6 Å². The van der Waals surface area contributed by atoms with Crippen LogP contribution in [-0.2, 0) is 33.2 Å². The summed E-state index contributed by atoms with van der Waals surface area (Å²) in [5.74, 6) is -1.38. The summed E-state index contributed by atoms with van der Waals surface area (Å²) in [6.45, 7) is 9.34. The first-order chi connectivity index (χ1) is 19.1. The van der Waals surface area contributed by atoms with Gasteiger partial charge in [0.15, 0.2) is 24.5 Å². The second kappa shape index (κ2) is 12.1. The van der Waals surface area contributed by atoms with Crippen molar-refractivity contribution in [1.82, 2.24) is 0 Å². The van der Waals surface area contributed by atoms with Gasteiger partial charge in [-0.25, -0.2) is 4.79 Å². The SMILES string of the molecule is CO[C@@H]1O[C@@H](C)[C@H](O[C@@H]2O[C@H](C)[C@@H](OC(=O)c3ccccc3)[C@H](O)[C@H]2Sc2ccc(C)cc2)[C@H]2OC(C)(C)O[C@@H]12. The highest BCUT2D eigenvalue weighted by Gasteiger charge is 2.57. The molecule has 218 valence electrons. The molecule has 0 radical (unpaired) electrons. The predicted molar refractivity (Wildman–Crippen MR) is 147 cm³/mol. The molecule has 40 heavy (non-hydrogen) atoms. The second-order valence-electron chi connectivity index (χ2n) is 10.9. The van der Waals surface area contributed by atoms with Crippen molar-refractivity contribution in [3.05, 3.63) is 65.7 Å². The lowest BCUT2D eigenvalue weighted by Crippen LogP contribution is -2.62. The molecule has 2 aromatic rings. The number of rotatable bonds is 7. The van der Waals surface area contributed by atoms with E-state index >= 15 is 0 Å². The molecule has 0 unspecified atom stereocenters. The summed E-state index contributed by atoms with van der Waals surface area (Å²) < 4.78 is 42.7. The minimum absolute atomic E-state index is 0.399. The average Bonchev–Trinajstić information content (AvgIpc) is 3.26. The monoisotopic (exact) mass is 574 g/mol. The molecular weight excluding hydrogens is 536 g/mol. The van der Waals surface area contributed by atoms with E-state index in [2.05, 4.69) is 0 Å². The van der Waals surface area contributed by atoms with Crippen LogP contribution in [0.3, 0.4) is 0 Å². The Morgan fingerprint density at radius 2 is 1.52 bits per heavy atom. The van der Waals surface area contributed by atoms with E-state index in [0.717, 1.165) is 10.5 Å². The Morgan fingerprint density at radius 1 is 0.900 bits per heavy atom. The summed E-state index contributed by atoms with van der Waals surface area (Å²) in [4.78, 5) is 13.8. The Bertz CT molecular complexity index is 1140. The molecule has 3 saturated heterocycles. The number of carbonyl (C=O) groups excluding carboxylic acids is 1. The predicted octanol–water partition coefficient (Wildman–Crippen LogP) is 4.08. The van der Waals surface area contributed by atoms with Crippen molar-refractivity contribution in [2.75, 3.05) is 7.11 Å². The Hall–Kier alpha value is -2.02. The van der Waals surface area contributed by atoms with Gasteiger partial charge in [0, 0.05) is 12.0 Å². The van der Waals surface area contributed by atoms with Crippen molar-refractivity contribution in [3.63, 3.8) is 0 Å². The fourth-order valence-corrected chi connectivity index (χ4v) is 6.52. The number of methoxy groups -OCH3 is 1. The number of thioether (sulfide) groups is 1. The minimum atomic E-state index is -1.09. The molecule has 1 N–H and O–H groups in total. The van der Waals surface area contributed by atoms with Crippen LogP contribution >= 0.6 is 11.8 Å². The molecular formula is C30H38O9S. The van der Waals surface area contributed by atoms with Crippen molar-refractivity contribution in [1.29, 1.82) is 0 Å². The van der Waals surface area contributed by atoms with Crippen molar-refractivity contribution < 1.29 is 43.1 Å². The third kappa shape index (κ3) is 6.24. The zero-order valence-electron chi connectivity index (χ0n) is 23.6. The van der Waals surface area contributed by atoms with Gasteiger partial charge in [-0.1, -0.05) is 35.9 Å². The van der Waals surface area contributed by atoms with Crippen LogP contribution in [0.4, 0.5) is 0 Å². The number of ether oxygens (including phenoxy) is 7. The molecule has 3 aliphatic heterocycles. The molecule has 0 saturated carbocycles. The van der Waals surface area contributed by atoms with E-state index in [4.69, 9.17) is 33.2 Å². The van der Waals surface area contributed by atoms with E-state index in [-0.39, 0.29) is 0 Å². The summed E-state index contributed by atoms with van der Waals surface area (Å²) in [6, 6.07) is 16.7. The van der Waals surface area contributed by atoms with Crippen LogP contribution in [0.15, 0.2) is 59.5 Å². The number of fused-ring (bicyclic) bond motifs is 1. The third-order valence-electron chi connectivity index (χ3n) is 7.39. The van der Waals surface area contributed by atoms with E-state index in [1.54, 1.807) is 38.3 Å². The number of benzene rings is 2. The van der Waals surface area contributed by atoms with Gasteiger partial charge in [-0.3, -0.25) is 0 Å². The van der Waals surface area contributed by atoms with E-state index in [9.17, 15) is 9.90 Å². The quantitative estimate of drug-likeness (QED) is 0.487. The normalized spacial score (nSPS) is 37.1. The van der Waals surface area contributed by atoms with Gasteiger partial charge in [-0.15, -0.1) is 11.8 Å². The number of carbonyl (C=O) groups is 1. The molecule has 3 aliphatic rings. The molecule has 0 aromatic heterocycles. The first-order valence-electron chi connectivity index (χ1n) is 13.6. The topological polar surface area (TPSA) is 102 Å². The van der Waals surface area contributed by atoms with Crippen LogP contribution < -0.4 is 0 Å². The Balaban J connectivity index is 1.40. The summed E-state index contributed by atoms with van der Waals surface area (Å²) >= 11 is 1.41. The molecule has 3 fully saturated rings. The Morgan fingerprint density at radius 3 is 2.20 bits per heavy atom.